The third-order valence-corrected chi connectivity index (χ3v) is 6.24. The maximum Gasteiger partial charge on any atom is 0.251 e. The fourth-order valence-electron chi connectivity index (χ4n) is 4.55. The molecule has 1 aliphatic rings. The van der Waals surface area contributed by atoms with Gasteiger partial charge in [-0.05, 0) is 62.3 Å². The first-order chi connectivity index (χ1) is 15.7. The molecule has 32 heavy (non-hydrogen) atoms. The minimum atomic E-state index is -0.0311. The lowest BCUT2D eigenvalue weighted by Gasteiger charge is -2.22. The molecule has 1 amide bonds. The molecule has 1 saturated heterocycles. The molecule has 6 heteroatoms. The normalized spacial score (nSPS) is 16.5. The summed E-state index contributed by atoms with van der Waals surface area (Å²) < 4.78 is 2.05. The van der Waals surface area contributed by atoms with Gasteiger partial charge in [-0.2, -0.15) is 0 Å². The topological polar surface area (TPSA) is 63.1 Å². The van der Waals surface area contributed by atoms with Crippen LogP contribution in [-0.4, -0.2) is 51.0 Å². The molecular weight excluding hydrogens is 398 g/mol. The molecule has 0 aliphatic carbocycles. The molecule has 0 saturated carbocycles. The van der Waals surface area contributed by atoms with E-state index in [-0.39, 0.29) is 5.91 Å². The van der Waals surface area contributed by atoms with E-state index in [1.54, 1.807) is 6.20 Å². The molecule has 1 N–H and O–H groups in total. The van der Waals surface area contributed by atoms with Gasteiger partial charge in [-0.1, -0.05) is 37.3 Å². The Morgan fingerprint density at radius 3 is 2.66 bits per heavy atom. The first-order valence-electron chi connectivity index (χ1n) is 11.3. The summed E-state index contributed by atoms with van der Waals surface area (Å²) in [6.07, 6.45) is 4.13. The molecule has 2 aromatic heterocycles. The Labute approximate surface area is 187 Å². The molecule has 1 aliphatic heterocycles. The maximum absolute atomic E-state index is 12.7. The number of likely N-dealkylation sites (N-methyl/N-ethyl adjacent to an activating group) is 1. The van der Waals surface area contributed by atoms with E-state index in [4.69, 9.17) is 4.98 Å². The number of benzene rings is 2. The van der Waals surface area contributed by atoms with Crippen LogP contribution in [0.5, 0.6) is 0 Å². The first-order valence-corrected chi connectivity index (χ1v) is 11.3. The number of hydrogen-bond acceptors (Lipinski definition) is 4. The highest BCUT2D eigenvalue weighted by molar-refractivity contribution is 5.94. The predicted octanol–water partition coefficient (Wildman–Crippen LogP) is 4.30. The monoisotopic (exact) mass is 425 g/mol. The average molecular weight is 426 g/mol. The number of amides is 1. The van der Waals surface area contributed by atoms with Crippen molar-refractivity contribution < 1.29 is 4.79 Å². The van der Waals surface area contributed by atoms with Crippen molar-refractivity contribution in [2.75, 3.05) is 19.6 Å². The quantitative estimate of drug-likeness (QED) is 0.500. The van der Waals surface area contributed by atoms with Gasteiger partial charge in [0.2, 0.25) is 0 Å². The molecule has 0 radical (unpaired) electrons. The summed E-state index contributed by atoms with van der Waals surface area (Å²) in [5.41, 5.74) is 4.24. The van der Waals surface area contributed by atoms with Gasteiger partial charge >= 0.3 is 0 Å². The summed E-state index contributed by atoms with van der Waals surface area (Å²) in [5, 5.41) is 3.11. The van der Waals surface area contributed by atoms with Crippen LogP contribution < -0.4 is 5.32 Å². The van der Waals surface area contributed by atoms with Crippen LogP contribution in [0.1, 0.15) is 30.1 Å². The Kier molecular flexibility index (Phi) is 5.69. The van der Waals surface area contributed by atoms with Crippen molar-refractivity contribution in [1.29, 1.82) is 0 Å². The smallest absolute Gasteiger partial charge is 0.251 e. The fraction of sp³-hybridized carbons (Fsp3) is 0.269. The number of pyridine rings is 1. The van der Waals surface area contributed by atoms with E-state index >= 15 is 0 Å². The highest BCUT2D eigenvalue weighted by Crippen LogP contribution is 2.27. The first kappa shape index (κ1) is 20.4. The largest absolute Gasteiger partial charge is 0.350 e. The summed E-state index contributed by atoms with van der Waals surface area (Å²) in [5.74, 6) is 0.800. The van der Waals surface area contributed by atoms with Crippen LogP contribution in [0.4, 0.5) is 0 Å². The van der Waals surface area contributed by atoms with Crippen LogP contribution in [0.3, 0.4) is 0 Å². The Hall–Kier alpha value is -3.51. The standard InChI is InChI=1S/C26H27N5O/c1-2-30-17-7-10-22(30)18-28-26(32)20-12-14-21(15-13-20)31-24(19-8-4-3-5-9-19)29-23-11-6-16-27-25(23)31/h3-6,8-9,11-16,22H,2,7,10,17-18H2,1H3,(H,28,32)/t22-/m1/s1. The number of fused-ring (bicyclic) bond motifs is 1. The summed E-state index contributed by atoms with van der Waals surface area (Å²) in [7, 11) is 0. The van der Waals surface area contributed by atoms with Crippen molar-refractivity contribution >= 4 is 17.1 Å². The zero-order valence-corrected chi connectivity index (χ0v) is 18.2. The summed E-state index contributed by atoms with van der Waals surface area (Å²) >= 11 is 0. The molecule has 6 nitrogen and oxygen atoms in total. The lowest BCUT2D eigenvalue weighted by atomic mass is 10.1. The van der Waals surface area contributed by atoms with E-state index < -0.39 is 0 Å². The Morgan fingerprint density at radius 1 is 1.06 bits per heavy atom. The van der Waals surface area contributed by atoms with Crippen LogP contribution in [0.25, 0.3) is 28.2 Å². The highest BCUT2D eigenvalue weighted by atomic mass is 16.1. The number of hydrogen-bond donors (Lipinski definition) is 1. The zero-order chi connectivity index (χ0) is 21.9. The van der Waals surface area contributed by atoms with Crippen molar-refractivity contribution in [1.82, 2.24) is 24.8 Å². The molecule has 3 heterocycles. The van der Waals surface area contributed by atoms with Crippen molar-refractivity contribution in [3.8, 4) is 17.1 Å². The second-order valence-electron chi connectivity index (χ2n) is 8.16. The van der Waals surface area contributed by atoms with Crippen molar-refractivity contribution in [3.05, 3.63) is 78.5 Å². The predicted molar refractivity (Wildman–Crippen MR) is 127 cm³/mol. The SMILES string of the molecule is CCN1CCC[C@@H]1CNC(=O)c1ccc(-n2c(-c3ccccc3)nc3cccnc32)cc1. The Bertz CT molecular complexity index is 1220. The van der Waals surface area contributed by atoms with Crippen molar-refractivity contribution in [2.24, 2.45) is 0 Å². The van der Waals surface area contributed by atoms with Crippen LogP contribution in [0.15, 0.2) is 72.9 Å². The molecule has 162 valence electrons. The summed E-state index contributed by atoms with van der Waals surface area (Å²) in [4.78, 5) is 24.6. The van der Waals surface area contributed by atoms with Gasteiger partial charge in [0.15, 0.2) is 5.65 Å². The third-order valence-electron chi connectivity index (χ3n) is 6.24. The lowest BCUT2D eigenvalue weighted by molar-refractivity contribution is 0.0941. The number of nitrogens with one attached hydrogen (secondary N) is 1. The number of likely N-dealkylation sites (tertiary alicyclic amines) is 1. The molecule has 0 spiro atoms. The van der Waals surface area contributed by atoms with Crippen molar-refractivity contribution in [2.45, 2.75) is 25.8 Å². The second kappa shape index (κ2) is 8.93. The Balaban J connectivity index is 1.41. The molecular formula is C26H27N5O. The van der Waals surface area contributed by atoms with E-state index in [0.717, 1.165) is 47.7 Å². The van der Waals surface area contributed by atoms with Gasteiger partial charge in [0.05, 0.1) is 0 Å². The maximum atomic E-state index is 12.7. The van der Waals surface area contributed by atoms with E-state index in [2.05, 4.69) is 22.1 Å². The van der Waals surface area contributed by atoms with Crippen LogP contribution in [0, 0.1) is 0 Å². The van der Waals surface area contributed by atoms with Gasteiger partial charge in [-0.15, -0.1) is 0 Å². The summed E-state index contributed by atoms with van der Waals surface area (Å²) in [6.45, 7) is 5.04. The average Bonchev–Trinajstić information content (AvgIpc) is 3.47. The van der Waals surface area contributed by atoms with Gasteiger partial charge in [-0.25, -0.2) is 9.97 Å². The molecule has 4 aromatic rings. The summed E-state index contributed by atoms with van der Waals surface area (Å²) in [6, 6.07) is 22.1. The van der Waals surface area contributed by atoms with Crippen LogP contribution in [-0.2, 0) is 0 Å². The Morgan fingerprint density at radius 2 is 1.88 bits per heavy atom. The van der Waals surface area contributed by atoms with E-state index in [1.165, 1.54) is 6.42 Å². The third kappa shape index (κ3) is 3.89. The molecule has 2 aromatic carbocycles. The second-order valence-corrected chi connectivity index (χ2v) is 8.16. The molecule has 0 bridgehead atoms. The lowest BCUT2D eigenvalue weighted by Crippen LogP contribution is -2.40. The van der Waals surface area contributed by atoms with Crippen LogP contribution in [0.2, 0.25) is 0 Å². The number of aromatic nitrogens is 3. The van der Waals surface area contributed by atoms with Gasteiger partial charge in [0.25, 0.3) is 5.91 Å². The number of carbonyl (C=O) groups excluding carboxylic acids is 1. The van der Waals surface area contributed by atoms with Gasteiger partial charge < -0.3 is 5.32 Å². The minimum absolute atomic E-state index is 0.0311. The molecule has 1 atom stereocenters. The number of carbonyl (C=O) groups is 1. The minimum Gasteiger partial charge on any atom is -0.350 e. The number of rotatable bonds is 6. The molecule has 5 rings (SSSR count). The van der Waals surface area contributed by atoms with E-state index in [0.29, 0.717) is 18.2 Å². The van der Waals surface area contributed by atoms with E-state index in [9.17, 15) is 4.79 Å². The van der Waals surface area contributed by atoms with Crippen molar-refractivity contribution in [3.63, 3.8) is 0 Å². The zero-order valence-electron chi connectivity index (χ0n) is 18.2. The highest BCUT2D eigenvalue weighted by Gasteiger charge is 2.23. The molecule has 1 fully saturated rings. The van der Waals surface area contributed by atoms with Gasteiger partial charge in [0, 0.05) is 35.6 Å². The van der Waals surface area contributed by atoms with Gasteiger partial charge in [-0.3, -0.25) is 14.3 Å². The molecule has 0 unspecified atom stereocenters. The number of imidazole rings is 1. The van der Waals surface area contributed by atoms with Gasteiger partial charge in [0.1, 0.15) is 11.3 Å². The fourth-order valence-corrected chi connectivity index (χ4v) is 4.55. The van der Waals surface area contributed by atoms with E-state index in [1.807, 2.05) is 71.3 Å². The number of nitrogens with zero attached hydrogens (tertiary/aromatic N) is 4. The van der Waals surface area contributed by atoms with Crippen LogP contribution >= 0.6 is 0 Å².